The third-order valence-corrected chi connectivity index (χ3v) is 1.17. The van der Waals surface area contributed by atoms with Gasteiger partial charge in [0, 0.05) is 59.8 Å². The third-order valence-electron chi connectivity index (χ3n) is 1.17. The quantitative estimate of drug-likeness (QED) is 0.285. The molecule has 2 nitrogen and oxygen atoms in total. The van der Waals surface area contributed by atoms with Crippen LogP contribution in [0.15, 0.2) is 0 Å². The molecule has 0 saturated heterocycles. The second kappa shape index (κ2) is 18.5. The smallest absolute Gasteiger partial charge is 0.303 e. The fourth-order valence-corrected chi connectivity index (χ4v) is 0.553. The molecule has 0 aliphatic heterocycles. The Kier molecular flexibility index (Phi) is 2.14. The third kappa shape index (κ3) is 19.5. The Labute approximate surface area is 193 Å². The van der Waals surface area contributed by atoms with Crippen LogP contribution in [0.1, 0.15) is 175 Å². The summed E-state index contributed by atoms with van der Waals surface area (Å²) in [6.07, 6.45) is -91.4. The van der Waals surface area contributed by atoms with E-state index in [9.17, 15) is 4.79 Å². The van der Waals surface area contributed by atoms with Crippen LogP contribution in [0.2, 0.25) is 0 Å². The van der Waals surface area contributed by atoms with Crippen molar-refractivity contribution in [3.63, 3.8) is 0 Å². The average Bonchev–Trinajstić information content (AvgIpc) is 3.02. The molecule has 0 atom stereocenters. The fraction of sp³-hybridized carbons (Fsp3) is 0.950. The maximum absolute atomic E-state index is 11.4. The van der Waals surface area contributed by atoms with E-state index in [1.54, 1.807) is 0 Å². The molecule has 0 saturated carbocycles. The van der Waals surface area contributed by atoms with Crippen molar-refractivity contribution in [1.29, 1.82) is 0 Å². The van der Waals surface area contributed by atoms with Crippen LogP contribution in [0, 0.1) is 0 Å². The highest BCUT2D eigenvalue weighted by Crippen LogP contribution is 2.14. The van der Waals surface area contributed by atoms with Crippen LogP contribution < -0.4 is 0 Å². The summed E-state index contributed by atoms with van der Waals surface area (Å²) < 4.78 is 311. The van der Waals surface area contributed by atoms with Gasteiger partial charge in [0.05, 0.1) is 0 Å². The van der Waals surface area contributed by atoms with E-state index in [2.05, 4.69) is 0 Å². The number of hydrogen-bond donors (Lipinski definition) is 1. The SMILES string of the molecule is [2H]C([2H])([2H])C([2H])([2H])C([2H])([2H])C([2H])([2H])C([2H])([2H])C([2H])([2H])C([2H])([2H])C([2H])([2H])C([2H])([2H])C([2H])([2H])C([2H])([2H])C([2H])([2H])C([2H])([2H])C([2H])([2H])C([2H])([2H])C([2H])([2H])C([2H])([2H])C([2H])([2H])C([2H])([2H])C(=O)O. The summed E-state index contributed by atoms with van der Waals surface area (Å²) in [5.41, 5.74) is 0. The Morgan fingerprint density at radius 1 is 0.682 bits per heavy atom. The molecule has 0 bridgehead atoms. The molecule has 0 aromatic heterocycles. The van der Waals surface area contributed by atoms with Gasteiger partial charge < -0.3 is 5.11 Å². The van der Waals surface area contributed by atoms with E-state index in [-0.39, 0.29) is 0 Å². The van der Waals surface area contributed by atoms with E-state index >= 15 is 0 Å². The van der Waals surface area contributed by atoms with Crippen LogP contribution in [0.4, 0.5) is 0 Å². The first kappa shape index (κ1) is 2.54. The highest BCUT2D eigenvalue weighted by atomic mass is 16.4. The molecule has 2 heteroatoms. The lowest BCUT2D eigenvalue weighted by molar-refractivity contribution is -0.137. The first-order valence-corrected chi connectivity index (χ1v) is 5.18. The molecule has 1 N–H and O–H groups in total. The lowest BCUT2D eigenvalue weighted by atomic mass is 10.0. The molecule has 0 aliphatic rings. The van der Waals surface area contributed by atoms with Crippen LogP contribution in [0.5, 0.6) is 0 Å². The Hall–Kier alpha value is -0.530. The van der Waals surface area contributed by atoms with Crippen molar-refractivity contribution in [3.8, 4) is 0 Å². The topological polar surface area (TPSA) is 37.3 Å². The normalized spacial score (nSPS) is 49.5. The van der Waals surface area contributed by atoms with Crippen LogP contribution in [-0.2, 0) is 4.79 Å². The van der Waals surface area contributed by atoms with Gasteiger partial charge in [0.15, 0.2) is 0 Å². The number of carboxylic acid groups (broad SMARTS) is 1. The van der Waals surface area contributed by atoms with Gasteiger partial charge in [0.2, 0.25) is 0 Å². The minimum absolute atomic E-state index is 2.83. The first-order valence-electron chi connectivity index (χ1n) is 24.7. The maximum Gasteiger partial charge on any atom is 0.303 e. The summed E-state index contributed by atoms with van der Waals surface area (Å²) in [6.45, 7) is -4.18. The van der Waals surface area contributed by atoms with Crippen molar-refractivity contribution in [1.82, 2.24) is 0 Å². The van der Waals surface area contributed by atoms with E-state index in [0.717, 1.165) is 0 Å². The zero-order valence-electron chi connectivity index (χ0n) is 49.9. The van der Waals surface area contributed by atoms with Crippen molar-refractivity contribution in [2.45, 2.75) is 122 Å². The van der Waals surface area contributed by atoms with Gasteiger partial charge in [0.25, 0.3) is 0 Å². The Morgan fingerprint density at radius 2 is 1.00 bits per heavy atom. The van der Waals surface area contributed by atoms with Crippen LogP contribution in [0.3, 0.4) is 0 Å². The zero-order chi connectivity index (χ0) is 51.1. The first-order chi connectivity index (χ1) is 25.4. The molecule has 0 aromatic rings. The molecule has 22 heavy (non-hydrogen) atoms. The van der Waals surface area contributed by atoms with Gasteiger partial charge in [-0.25, -0.2) is 0 Å². The number of carboxylic acids is 1. The summed E-state index contributed by atoms with van der Waals surface area (Å²) >= 11 is 0. The van der Waals surface area contributed by atoms with Crippen molar-refractivity contribution >= 4 is 5.97 Å². The molecule has 0 unspecified atom stereocenters. The highest BCUT2D eigenvalue weighted by molar-refractivity contribution is 5.66. The molecule has 0 spiro atoms. The zero-order valence-corrected chi connectivity index (χ0v) is 10.9. The largest absolute Gasteiger partial charge is 0.481 e. The summed E-state index contributed by atoms with van der Waals surface area (Å²) in [6, 6.07) is 0. The summed E-state index contributed by atoms with van der Waals surface area (Å²) in [4.78, 5) is 11.4. The number of hydrogen-bond acceptors (Lipinski definition) is 1. The number of aliphatic carboxylic acids is 1. The second-order valence-corrected chi connectivity index (χ2v) is 2.56. The van der Waals surface area contributed by atoms with Gasteiger partial charge in [-0.05, 0) is 6.37 Å². The monoisotopic (exact) mass is 352 g/mol. The average molecular weight is 352 g/mol. The van der Waals surface area contributed by atoms with Crippen LogP contribution in [-0.4, -0.2) is 11.1 Å². The van der Waals surface area contributed by atoms with Gasteiger partial charge in [-0.1, -0.05) is 109 Å². The van der Waals surface area contributed by atoms with Gasteiger partial charge in [-0.2, -0.15) is 0 Å². The molecule has 0 rings (SSSR count). The molecule has 0 aromatic carbocycles. The van der Waals surface area contributed by atoms with Crippen molar-refractivity contribution in [3.05, 3.63) is 0 Å². The molecular formula is C20H40O2. The fourth-order valence-electron chi connectivity index (χ4n) is 0.553. The predicted octanol–water partition coefficient (Wildman–Crippen LogP) is 7.11. The minimum Gasteiger partial charge on any atom is -0.481 e. The Morgan fingerprint density at radius 3 is 1.32 bits per heavy atom. The molecule has 0 amide bonds. The molecule has 0 radical (unpaired) electrons. The van der Waals surface area contributed by atoms with Crippen LogP contribution >= 0.6 is 0 Å². The van der Waals surface area contributed by atoms with E-state index in [1.807, 2.05) is 0 Å². The number of rotatable bonds is 18. The second-order valence-electron chi connectivity index (χ2n) is 2.56. The van der Waals surface area contributed by atoms with Crippen LogP contribution in [0.25, 0.3) is 0 Å². The van der Waals surface area contributed by atoms with E-state index < -0.39 is 128 Å². The van der Waals surface area contributed by atoms with E-state index in [4.69, 9.17) is 58.6 Å². The maximum atomic E-state index is 11.4. The Bertz CT molecular complexity index is 1640. The minimum atomic E-state index is -5.35. The molecule has 0 aliphatic carbocycles. The summed E-state index contributed by atoms with van der Waals surface area (Å²) in [7, 11) is 0. The standard InChI is InChI=1S/C20H40O2/c1-2-3-4-5-6-7-8-9-10-11-12-13-14-15-16-17-18-19-20(21)22/h2-19H2,1H3,(H,21,22)/i1D3,2D2,3D2,4D2,5D2,6D2,7D2,8D2,9D2,10D2,11D2,12D2,13D2,14D2,15D2,16D2,17D2,18D2,19D2. The Balaban J connectivity index is 7.96. The van der Waals surface area contributed by atoms with Crippen molar-refractivity contribution in [2.24, 2.45) is 0 Å². The molecule has 132 valence electrons. The van der Waals surface area contributed by atoms with Gasteiger partial charge in [-0.15, -0.1) is 0 Å². The van der Waals surface area contributed by atoms with E-state index in [0.29, 0.717) is 0 Å². The van der Waals surface area contributed by atoms with Gasteiger partial charge in [-0.3, -0.25) is 4.79 Å². The van der Waals surface area contributed by atoms with Crippen molar-refractivity contribution < 1.29 is 63.4 Å². The highest BCUT2D eigenvalue weighted by Gasteiger charge is 1.97. The predicted molar refractivity (Wildman–Crippen MR) is 96.4 cm³/mol. The van der Waals surface area contributed by atoms with Crippen molar-refractivity contribution in [2.75, 3.05) is 0 Å². The molecule has 0 fully saturated rings. The van der Waals surface area contributed by atoms with E-state index in [1.165, 1.54) is 0 Å². The number of carbonyl (C=O) groups is 1. The lowest BCUT2D eigenvalue weighted by Gasteiger charge is -2.03. The molecular weight excluding hydrogens is 272 g/mol. The molecule has 0 heterocycles. The lowest BCUT2D eigenvalue weighted by Crippen LogP contribution is -1.93. The summed E-state index contributed by atoms with van der Waals surface area (Å²) in [5, 5.41) is 9.11. The van der Waals surface area contributed by atoms with Gasteiger partial charge >= 0.3 is 5.97 Å². The van der Waals surface area contributed by atoms with Gasteiger partial charge in [0.1, 0.15) is 0 Å². The summed E-state index contributed by atoms with van der Waals surface area (Å²) in [5.74, 6) is -2.83.